The number of hydrogen-bond acceptors (Lipinski definition) is 0. The zero-order valence-corrected chi connectivity index (χ0v) is 10.1. The van der Waals surface area contributed by atoms with E-state index >= 15 is 0 Å². The second-order valence-electron chi connectivity index (χ2n) is 4.30. The van der Waals surface area contributed by atoms with Crippen LogP contribution in [0.1, 0.15) is 22.5 Å². The smallest absolute Gasteiger partial charge is 0.0576 e. The third-order valence-electron chi connectivity index (χ3n) is 3.09. The Bertz CT molecular complexity index is 712. The largest absolute Gasteiger partial charge is 0.0842 e. The number of rotatable bonds is 2. The monoisotopic (exact) mass is 235 g/mol. The zero-order chi connectivity index (χ0) is 14.9. The molecule has 1 aliphatic rings. The minimum Gasteiger partial charge on any atom is -0.0842 e. The number of benzene rings is 2. The van der Waals surface area contributed by atoms with Crippen molar-refractivity contribution < 1.29 is 4.11 Å². The molecule has 0 atom stereocenters. The molecule has 2 aromatic rings. The predicted molar refractivity (Wildman–Crippen MR) is 78.2 cm³/mol. The lowest BCUT2D eigenvalue weighted by Gasteiger charge is -2.11. The van der Waals surface area contributed by atoms with Gasteiger partial charge in [-0.1, -0.05) is 66.7 Å². The van der Waals surface area contributed by atoms with E-state index in [1.807, 2.05) is 36.4 Å². The minimum absolute atomic E-state index is 0.0467. The van der Waals surface area contributed by atoms with Crippen molar-refractivity contribution in [1.29, 1.82) is 0 Å². The molecule has 88 valence electrons. The molecule has 0 amide bonds. The first-order valence-electron chi connectivity index (χ1n) is 7.60. The van der Waals surface area contributed by atoms with Gasteiger partial charge in [-0.15, -0.1) is 0 Å². The van der Waals surface area contributed by atoms with Gasteiger partial charge in [0.25, 0.3) is 0 Å². The molecular weight excluding hydrogens is 216 g/mol. The van der Waals surface area contributed by atoms with Crippen LogP contribution in [0, 0.1) is 0 Å². The molecule has 2 aromatic carbocycles. The fourth-order valence-electron chi connectivity index (χ4n) is 2.13. The quantitative estimate of drug-likeness (QED) is 0.680. The highest BCUT2D eigenvalue weighted by atomic mass is 14.1. The Balaban J connectivity index is 1.98. The summed E-state index contributed by atoms with van der Waals surface area (Å²) in [6.45, 7) is 0. The number of hydrogen-bond donors (Lipinski definition) is 0. The Morgan fingerprint density at radius 2 is 1.67 bits per heavy atom. The zero-order valence-electron chi connectivity index (χ0n) is 13.1. The summed E-state index contributed by atoms with van der Waals surface area (Å²) in [4.78, 5) is 0. The molecule has 0 heterocycles. The van der Waals surface area contributed by atoms with E-state index in [4.69, 9.17) is 4.11 Å². The molecule has 0 saturated heterocycles. The average Bonchev–Trinajstić information content (AvgIpc) is 2.51. The molecule has 0 saturated carbocycles. The third kappa shape index (κ3) is 2.28. The summed E-state index contributed by atoms with van der Waals surface area (Å²) < 4.78 is 23.4. The van der Waals surface area contributed by atoms with Crippen LogP contribution in [-0.4, -0.2) is 0 Å². The van der Waals surface area contributed by atoms with E-state index in [1.165, 1.54) is 0 Å². The average molecular weight is 235 g/mol. The molecular formula is C18H16. The van der Waals surface area contributed by atoms with Crippen LogP contribution in [-0.2, 0) is 0 Å². The Morgan fingerprint density at radius 3 is 2.50 bits per heavy atom. The molecule has 0 unspecified atom stereocenters. The standard InChI is InChI=1S/C18H16/c1-3-8-15(9-4-1)17-12-7-13-18(14-17)16-10-5-2-6-11-16/h1-5,7-10,12-14H,6,11H2/i2D,6D2. The van der Waals surface area contributed by atoms with E-state index in [9.17, 15) is 0 Å². The first kappa shape index (κ1) is 8.10. The molecule has 3 rings (SSSR count). The van der Waals surface area contributed by atoms with Crippen molar-refractivity contribution in [3.8, 4) is 11.1 Å². The van der Waals surface area contributed by atoms with Gasteiger partial charge in [-0.2, -0.15) is 0 Å². The van der Waals surface area contributed by atoms with Crippen LogP contribution < -0.4 is 0 Å². The van der Waals surface area contributed by atoms with Gasteiger partial charge in [0.2, 0.25) is 0 Å². The van der Waals surface area contributed by atoms with Gasteiger partial charge in [0.05, 0.1) is 1.37 Å². The summed E-state index contributed by atoms with van der Waals surface area (Å²) in [5, 5.41) is 0. The Kier molecular flexibility index (Phi) is 2.27. The minimum atomic E-state index is -1.58. The maximum Gasteiger partial charge on any atom is 0.0576 e. The predicted octanol–water partition coefficient (Wildman–Crippen LogP) is 5.09. The van der Waals surface area contributed by atoms with Crippen LogP contribution in [0.25, 0.3) is 16.7 Å². The van der Waals surface area contributed by atoms with Crippen molar-refractivity contribution in [3.63, 3.8) is 0 Å². The Morgan fingerprint density at radius 1 is 0.889 bits per heavy atom. The topological polar surface area (TPSA) is 0 Å². The third-order valence-corrected chi connectivity index (χ3v) is 3.09. The Hall–Kier alpha value is -2.08. The molecule has 0 bridgehead atoms. The van der Waals surface area contributed by atoms with Crippen LogP contribution in [0.4, 0.5) is 0 Å². The van der Waals surface area contributed by atoms with Gasteiger partial charge in [0.1, 0.15) is 0 Å². The van der Waals surface area contributed by atoms with Crippen LogP contribution in [0.2, 0.25) is 0 Å². The highest BCUT2D eigenvalue weighted by Gasteiger charge is 2.04. The molecule has 0 aromatic heterocycles. The summed E-state index contributed by atoms with van der Waals surface area (Å²) in [6.07, 6.45) is 2.09. The van der Waals surface area contributed by atoms with Crippen LogP contribution in [0.5, 0.6) is 0 Å². The van der Waals surface area contributed by atoms with Crippen LogP contribution >= 0.6 is 0 Å². The summed E-state index contributed by atoms with van der Waals surface area (Å²) in [5.74, 6) is 0. The van der Waals surface area contributed by atoms with Gasteiger partial charge in [-0.25, -0.2) is 0 Å². The highest BCUT2D eigenvalue weighted by molar-refractivity contribution is 5.74. The van der Waals surface area contributed by atoms with Crippen LogP contribution in [0.3, 0.4) is 0 Å². The van der Waals surface area contributed by atoms with E-state index in [1.54, 1.807) is 6.08 Å². The first-order chi connectivity index (χ1) is 10.1. The summed E-state index contributed by atoms with van der Waals surface area (Å²) in [5.41, 5.74) is 4.23. The SMILES string of the molecule is [2H]C1=CC=C(c2cccc(-c3ccccc3)c2)CC1([2H])[2H]. The summed E-state index contributed by atoms with van der Waals surface area (Å²) in [6, 6.07) is 18.3. The van der Waals surface area contributed by atoms with Gasteiger partial charge in [0, 0.05) is 2.74 Å². The molecule has 0 spiro atoms. The first-order valence-corrected chi connectivity index (χ1v) is 6.10. The maximum absolute atomic E-state index is 7.90. The van der Waals surface area contributed by atoms with E-state index in [2.05, 4.69) is 24.3 Å². The lowest BCUT2D eigenvalue weighted by Crippen LogP contribution is -1.88. The van der Waals surface area contributed by atoms with Crippen molar-refractivity contribution in [2.24, 2.45) is 0 Å². The highest BCUT2D eigenvalue weighted by Crippen LogP contribution is 2.27. The van der Waals surface area contributed by atoms with Crippen molar-refractivity contribution in [3.05, 3.63) is 78.4 Å². The molecule has 0 fully saturated rings. The van der Waals surface area contributed by atoms with Crippen molar-refractivity contribution in [2.45, 2.75) is 12.8 Å². The van der Waals surface area contributed by atoms with E-state index in [0.29, 0.717) is 0 Å². The summed E-state index contributed by atoms with van der Waals surface area (Å²) >= 11 is 0. The van der Waals surface area contributed by atoms with Crippen molar-refractivity contribution in [1.82, 2.24) is 0 Å². The lowest BCUT2D eigenvalue weighted by molar-refractivity contribution is 1.05. The van der Waals surface area contributed by atoms with Crippen LogP contribution in [0.15, 0.2) is 72.8 Å². The lowest BCUT2D eigenvalue weighted by atomic mass is 9.94. The molecule has 18 heavy (non-hydrogen) atoms. The van der Waals surface area contributed by atoms with Gasteiger partial charge >= 0.3 is 0 Å². The molecule has 0 N–H and O–H groups in total. The van der Waals surface area contributed by atoms with Gasteiger partial charge in [-0.05, 0) is 41.1 Å². The van der Waals surface area contributed by atoms with Crippen molar-refractivity contribution in [2.75, 3.05) is 0 Å². The fourth-order valence-corrected chi connectivity index (χ4v) is 2.13. The second kappa shape index (κ2) is 5.05. The van der Waals surface area contributed by atoms with E-state index in [0.717, 1.165) is 22.3 Å². The van der Waals surface area contributed by atoms with Gasteiger partial charge in [0.15, 0.2) is 0 Å². The fraction of sp³-hybridized carbons (Fsp3) is 0.111. The van der Waals surface area contributed by atoms with E-state index in [-0.39, 0.29) is 12.5 Å². The van der Waals surface area contributed by atoms with Gasteiger partial charge < -0.3 is 0 Å². The van der Waals surface area contributed by atoms with Gasteiger partial charge in [-0.3, -0.25) is 0 Å². The number of allylic oxidation sites excluding steroid dienone is 4. The molecule has 1 aliphatic carbocycles. The summed E-state index contributed by atoms with van der Waals surface area (Å²) in [7, 11) is 0. The van der Waals surface area contributed by atoms with Crippen molar-refractivity contribution >= 4 is 5.57 Å². The maximum atomic E-state index is 7.90. The molecule has 0 radical (unpaired) electrons. The molecule has 0 nitrogen and oxygen atoms in total. The molecule has 0 heteroatoms. The molecule has 0 aliphatic heterocycles. The Labute approximate surface area is 113 Å². The van der Waals surface area contributed by atoms with E-state index < -0.39 is 6.37 Å². The second-order valence-corrected chi connectivity index (χ2v) is 4.30. The normalized spacial score (nSPS) is 20.1.